The molecule has 0 radical (unpaired) electrons. The van der Waals surface area contributed by atoms with Gasteiger partial charge in [0.25, 0.3) is 5.91 Å². The number of alkyl halides is 3. The molecule has 1 amide bonds. The van der Waals surface area contributed by atoms with Crippen LogP contribution in [-0.2, 0) is 19.8 Å². The number of carbonyl (C=O) groups excluding carboxylic acids is 1. The summed E-state index contributed by atoms with van der Waals surface area (Å²) in [5.41, 5.74) is 2.69. The van der Waals surface area contributed by atoms with Crippen molar-refractivity contribution in [2.75, 3.05) is 38.5 Å². The number of piperazine rings is 1. The highest BCUT2D eigenvalue weighted by Crippen LogP contribution is 2.34. The summed E-state index contributed by atoms with van der Waals surface area (Å²) >= 11 is 0. The standard InChI is InChI=1S/C33H32F3N7O2/c1-21-6-7-26(45-32-29-28(8-10-42(29)3)39-30(40-32)23-5-4-9-37-19-23)18-27(21)31(44)38-25-16-22(15-24(17-25)33(34,35)36)20-43-13-11-41(2)12-14-43/h4-10,15-19H,11-14,20H2,1-3H3,(H,38,44). The number of likely N-dealkylation sites (N-methyl/N-ethyl adjacent to an activating group) is 1. The number of rotatable bonds is 7. The van der Waals surface area contributed by atoms with E-state index in [0.717, 1.165) is 38.3 Å². The molecule has 9 nitrogen and oxygen atoms in total. The van der Waals surface area contributed by atoms with E-state index in [2.05, 4.69) is 30.1 Å². The number of amides is 1. The second-order valence-corrected chi connectivity index (χ2v) is 11.3. The molecule has 1 N–H and O–H groups in total. The predicted molar refractivity (Wildman–Crippen MR) is 165 cm³/mol. The van der Waals surface area contributed by atoms with Gasteiger partial charge in [-0.3, -0.25) is 14.7 Å². The highest BCUT2D eigenvalue weighted by atomic mass is 19.4. The van der Waals surface area contributed by atoms with E-state index in [-0.39, 0.29) is 17.1 Å². The van der Waals surface area contributed by atoms with Crippen molar-refractivity contribution in [2.45, 2.75) is 19.6 Å². The first-order chi connectivity index (χ1) is 21.5. The maximum atomic E-state index is 13.8. The van der Waals surface area contributed by atoms with Crippen LogP contribution in [0.3, 0.4) is 0 Å². The number of benzene rings is 2. The van der Waals surface area contributed by atoms with Crippen LogP contribution in [0, 0.1) is 6.92 Å². The minimum absolute atomic E-state index is 0.0760. The fourth-order valence-electron chi connectivity index (χ4n) is 5.35. The van der Waals surface area contributed by atoms with Crippen LogP contribution in [0.5, 0.6) is 11.6 Å². The number of carbonyl (C=O) groups is 1. The molecule has 5 aromatic rings. The molecule has 0 aliphatic carbocycles. The Bertz CT molecular complexity index is 1850. The second kappa shape index (κ2) is 12.3. The monoisotopic (exact) mass is 615 g/mol. The van der Waals surface area contributed by atoms with Crippen LogP contribution in [0.2, 0.25) is 0 Å². The van der Waals surface area contributed by atoms with Crippen LogP contribution in [0.15, 0.2) is 73.2 Å². The molecular formula is C33H32F3N7O2. The van der Waals surface area contributed by atoms with E-state index < -0.39 is 17.6 Å². The van der Waals surface area contributed by atoms with Gasteiger partial charge >= 0.3 is 6.18 Å². The predicted octanol–water partition coefficient (Wildman–Crippen LogP) is 6.15. The molecule has 0 spiro atoms. The van der Waals surface area contributed by atoms with Crippen LogP contribution in [-0.4, -0.2) is 68.5 Å². The highest BCUT2D eigenvalue weighted by molar-refractivity contribution is 6.05. The van der Waals surface area contributed by atoms with Crippen molar-refractivity contribution in [3.05, 3.63) is 95.4 Å². The number of fused-ring (bicyclic) bond motifs is 1. The number of nitrogens with one attached hydrogen (secondary N) is 1. The Morgan fingerprint density at radius 2 is 1.80 bits per heavy atom. The fourth-order valence-corrected chi connectivity index (χ4v) is 5.35. The largest absolute Gasteiger partial charge is 0.437 e. The maximum Gasteiger partial charge on any atom is 0.416 e. The molecule has 2 aromatic carbocycles. The average Bonchev–Trinajstić information content (AvgIpc) is 3.39. The molecule has 1 saturated heterocycles. The number of hydrogen-bond donors (Lipinski definition) is 1. The number of nitrogens with zero attached hydrogens (tertiary/aromatic N) is 6. The van der Waals surface area contributed by atoms with Crippen molar-refractivity contribution in [1.82, 2.24) is 29.3 Å². The van der Waals surface area contributed by atoms with Gasteiger partial charge < -0.3 is 19.5 Å². The fraction of sp³-hybridized carbons (Fsp3) is 0.273. The molecule has 1 aliphatic rings. The molecule has 45 heavy (non-hydrogen) atoms. The Balaban J connectivity index is 1.28. The van der Waals surface area contributed by atoms with Gasteiger partial charge in [0.05, 0.1) is 11.1 Å². The number of ether oxygens (including phenoxy) is 1. The number of halogens is 3. The first kappa shape index (κ1) is 30.2. The van der Waals surface area contributed by atoms with Crippen molar-refractivity contribution in [2.24, 2.45) is 7.05 Å². The van der Waals surface area contributed by atoms with Crippen molar-refractivity contribution >= 4 is 22.6 Å². The molecule has 1 fully saturated rings. The summed E-state index contributed by atoms with van der Waals surface area (Å²) < 4.78 is 49.6. The lowest BCUT2D eigenvalue weighted by Crippen LogP contribution is -2.43. The first-order valence-electron chi connectivity index (χ1n) is 14.5. The lowest BCUT2D eigenvalue weighted by molar-refractivity contribution is -0.137. The lowest BCUT2D eigenvalue weighted by Gasteiger charge is -2.32. The van der Waals surface area contributed by atoms with Crippen molar-refractivity contribution in [3.63, 3.8) is 0 Å². The minimum Gasteiger partial charge on any atom is -0.437 e. The number of aryl methyl sites for hydroxylation is 2. The molecular weight excluding hydrogens is 583 g/mol. The van der Waals surface area contributed by atoms with Crippen molar-refractivity contribution in [1.29, 1.82) is 0 Å². The maximum absolute atomic E-state index is 13.8. The highest BCUT2D eigenvalue weighted by Gasteiger charge is 2.32. The smallest absolute Gasteiger partial charge is 0.416 e. The molecule has 4 heterocycles. The summed E-state index contributed by atoms with van der Waals surface area (Å²) in [7, 11) is 3.87. The van der Waals surface area contributed by atoms with Gasteiger partial charge in [0, 0.05) is 75.2 Å². The first-order valence-corrected chi connectivity index (χ1v) is 14.5. The van der Waals surface area contributed by atoms with Gasteiger partial charge in [0.1, 0.15) is 11.3 Å². The average molecular weight is 616 g/mol. The van der Waals surface area contributed by atoms with Crippen LogP contribution >= 0.6 is 0 Å². The SMILES string of the molecule is Cc1ccc(Oc2nc(-c3cccnc3)nc3ccn(C)c23)cc1C(=O)Nc1cc(CN2CCN(C)CC2)cc(C(F)(F)F)c1. The number of pyridine rings is 1. The Morgan fingerprint density at radius 1 is 1.00 bits per heavy atom. The molecule has 1 aliphatic heterocycles. The minimum atomic E-state index is -4.56. The Morgan fingerprint density at radius 3 is 2.53 bits per heavy atom. The van der Waals surface area contributed by atoms with E-state index in [9.17, 15) is 18.0 Å². The topological polar surface area (TPSA) is 88.4 Å². The van der Waals surface area contributed by atoms with Gasteiger partial charge in [-0.25, -0.2) is 4.98 Å². The van der Waals surface area contributed by atoms with Crippen LogP contribution in [0.4, 0.5) is 18.9 Å². The van der Waals surface area contributed by atoms with E-state index in [1.165, 1.54) is 0 Å². The molecule has 6 rings (SSSR count). The van der Waals surface area contributed by atoms with Crippen molar-refractivity contribution < 1.29 is 22.7 Å². The lowest BCUT2D eigenvalue weighted by atomic mass is 10.1. The van der Waals surface area contributed by atoms with Crippen LogP contribution < -0.4 is 10.1 Å². The number of anilines is 1. The van der Waals surface area contributed by atoms with Gasteiger partial charge in [0.2, 0.25) is 5.88 Å². The zero-order valence-electron chi connectivity index (χ0n) is 25.1. The van der Waals surface area contributed by atoms with Crippen LogP contribution in [0.1, 0.15) is 27.0 Å². The van der Waals surface area contributed by atoms with Gasteiger partial charge in [-0.1, -0.05) is 6.07 Å². The summed E-state index contributed by atoms with van der Waals surface area (Å²) in [4.78, 5) is 31.2. The molecule has 3 aromatic heterocycles. The normalized spacial score (nSPS) is 14.5. The molecule has 0 atom stereocenters. The van der Waals surface area contributed by atoms with Crippen LogP contribution in [0.25, 0.3) is 22.4 Å². The van der Waals surface area contributed by atoms with E-state index in [1.807, 2.05) is 37.0 Å². The van der Waals surface area contributed by atoms with E-state index in [4.69, 9.17) is 4.74 Å². The van der Waals surface area contributed by atoms with Gasteiger partial charge in [-0.2, -0.15) is 18.2 Å². The molecule has 232 valence electrons. The summed E-state index contributed by atoms with van der Waals surface area (Å²) in [6.45, 7) is 5.31. The van der Waals surface area contributed by atoms with Crippen molar-refractivity contribution in [3.8, 4) is 23.0 Å². The van der Waals surface area contributed by atoms with E-state index >= 15 is 0 Å². The summed E-state index contributed by atoms with van der Waals surface area (Å²) in [6.07, 6.45) is 0.608. The van der Waals surface area contributed by atoms with Gasteiger partial charge in [-0.05, 0) is 73.6 Å². The third-order valence-corrected chi connectivity index (χ3v) is 7.86. The molecule has 0 unspecified atom stereocenters. The third kappa shape index (κ3) is 6.81. The Labute approximate surface area is 258 Å². The van der Waals surface area contributed by atoms with Gasteiger partial charge in [-0.15, -0.1) is 0 Å². The quantitative estimate of drug-likeness (QED) is 0.235. The summed E-state index contributed by atoms with van der Waals surface area (Å²) in [5.74, 6) is 0.501. The Hall–Kier alpha value is -4.81. The van der Waals surface area contributed by atoms with Gasteiger partial charge in [0.15, 0.2) is 5.82 Å². The number of aromatic nitrogens is 4. The van der Waals surface area contributed by atoms with E-state index in [1.54, 1.807) is 49.6 Å². The molecule has 12 heteroatoms. The molecule has 0 bridgehead atoms. The Kier molecular flexibility index (Phi) is 8.26. The number of hydrogen-bond acceptors (Lipinski definition) is 7. The third-order valence-electron chi connectivity index (χ3n) is 7.86. The zero-order valence-corrected chi connectivity index (χ0v) is 25.1. The van der Waals surface area contributed by atoms with E-state index in [0.29, 0.717) is 45.8 Å². The molecule has 0 saturated carbocycles. The summed E-state index contributed by atoms with van der Waals surface area (Å²) in [5, 5.41) is 2.69. The zero-order chi connectivity index (χ0) is 31.7. The summed E-state index contributed by atoms with van der Waals surface area (Å²) in [6, 6.07) is 14.2. The second-order valence-electron chi connectivity index (χ2n) is 11.3.